The molecule has 0 aliphatic carbocycles. The molecule has 16 heavy (non-hydrogen) atoms. The zero-order valence-corrected chi connectivity index (χ0v) is 10.7. The van der Waals surface area contributed by atoms with Crippen molar-refractivity contribution in [1.82, 2.24) is 10.2 Å². The Morgan fingerprint density at radius 2 is 2.00 bits per heavy atom. The Morgan fingerprint density at radius 3 is 2.62 bits per heavy atom. The van der Waals surface area contributed by atoms with Crippen LogP contribution >= 0.6 is 0 Å². The zero-order chi connectivity index (χ0) is 11.4. The van der Waals surface area contributed by atoms with E-state index in [0.717, 1.165) is 24.5 Å². The minimum atomic E-state index is 0.800. The van der Waals surface area contributed by atoms with Crippen LogP contribution in [0.25, 0.3) is 0 Å². The molecule has 0 amide bonds. The van der Waals surface area contributed by atoms with Gasteiger partial charge in [0.15, 0.2) is 0 Å². The topological polar surface area (TPSA) is 24.5 Å². The first-order valence-electron chi connectivity index (χ1n) is 6.78. The van der Waals surface area contributed by atoms with Gasteiger partial charge in [-0.15, -0.1) is 0 Å². The standard InChI is InChI=1S/C13H26N2O/c1-3-12-8-14-9-13(12)15-6-4-11(5-7-15)10-16-2/h11-14H,3-10H2,1-2H3. The Kier molecular flexibility index (Phi) is 4.62. The van der Waals surface area contributed by atoms with Gasteiger partial charge in [-0.2, -0.15) is 0 Å². The second kappa shape index (κ2) is 5.99. The molecule has 2 aliphatic rings. The predicted octanol–water partition coefficient (Wildman–Crippen LogP) is 1.34. The van der Waals surface area contributed by atoms with Gasteiger partial charge in [0.2, 0.25) is 0 Å². The van der Waals surface area contributed by atoms with Crippen LogP contribution in [0.15, 0.2) is 0 Å². The summed E-state index contributed by atoms with van der Waals surface area (Å²) in [6, 6.07) is 0.800. The van der Waals surface area contributed by atoms with Gasteiger partial charge in [-0.3, -0.25) is 4.90 Å². The fourth-order valence-corrected chi connectivity index (χ4v) is 3.25. The molecular formula is C13H26N2O. The molecule has 2 heterocycles. The summed E-state index contributed by atoms with van der Waals surface area (Å²) in [5.41, 5.74) is 0. The van der Waals surface area contributed by atoms with Crippen molar-refractivity contribution < 1.29 is 4.74 Å². The molecular weight excluding hydrogens is 200 g/mol. The maximum absolute atomic E-state index is 5.25. The molecule has 0 aromatic rings. The van der Waals surface area contributed by atoms with Gasteiger partial charge in [0, 0.05) is 26.3 Å². The highest BCUT2D eigenvalue weighted by molar-refractivity contribution is 4.89. The van der Waals surface area contributed by atoms with Crippen molar-refractivity contribution >= 4 is 0 Å². The Balaban J connectivity index is 1.79. The molecule has 3 nitrogen and oxygen atoms in total. The van der Waals surface area contributed by atoms with E-state index in [1.54, 1.807) is 0 Å². The molecule has 2 saturated heterocycles. The number of hydrogen-bond donors (Lipinski definition) is 1. The lowest BCUT2D eigenvalue weighted by molar-refractivity contribution is 0.0725. The second-order valence-corrected chi connectivity index (χ2v) is 5.33. The fraction of sp³-hybridized carbons (Fsp3) is 1.00. The van der Waals surface area contributed by atoms with Crippen molar-refractivity contribution in [3.05, 3.63) is 0 Å². The number of piperidine rings is 1. The average Bonchev–Trinajstić information content (AvgIpc) is 2.78. The smallest absolute Gasteiger partial charge is 0.0491 e. The number of ether oxygens (including phenoxy) is 1. The summed E-state index contributed by atoms with van der Waals surface area (Å²) in [7, 11) is 1.82. The maximum atomic E-state index is 5.25. The van der Waals surface area contributed by atoms with Crippen LogP contribution in [0, 0.1) is 11.8 Å². The SMILES string of the molecule is CCC1CNCC1N1CCC(COC)CC1. The first-order valence-corrected chi connectivity index (χ1v) is 6.78. The van der Waals surface area contributed by atoms with Crippen molar-refractivity contribution in [3.8, 4) is 0 Å². The van der Waals surface area contributed by atoms with E-state index in [0.29, 0.717) is 0 Å². The van der Waals surface area contributed by atoms with Crippen LogP contribution in [0.2, 0.25) is 0 Å². The van der Waals surface area contributed by atoms with E-state index >= 15 is 0 Å². The zero-order valence-electron chi connectivity index (χ0n) is 10.7. The van der Waals surface area contributed by atoms with Gasteiger partial charge in [0.25, 0.3) is 0 Å². The third-order valence-electron chi connectivity index (χ3n) is 4.35. The molecule has 94 valence electrons. The minimum absolute atomic E-state index is 0.800. The molecule has 0 bridgehead atoms. The van der Waals surface area contributed by atoms with Crippen LogP contribution in [0.1, 0.15) is 26.2 Å². The summed E-state index contributed by atoms with van der Waals surface area (Å²) in [5, 5.41) is 3.54. The fourth-order valence-electron chi connectivity index (χ4n) is 3.25. The summed E-state index contributed by atoms with van der Waals surface area (Å²) in [5.74, 6) is 1.68. The van der Waals surface area contributed by atoms with E-state index in [1.165, 1.54) is 45.4 Å². The molecule has 2 unspecified atom stereocenters. The Morgan fingerprint density at radius 1 is 1.25 bits per heavy atom. The largest absolute Gasteiger partial charge is 0.384 e. The Labute approximate surface area is 99.5 Å². The van der Waals surface area contributed by atoms with E-state index in [2.05, 4.69) is 17.1 Å². The number of nitrogens with zero attached hydrogens (tertiary/aromatic N) is 1. The number of likely N-dealkylation sites (tertiary alicyclic amines) is 1. The van der Waals surface area contributed by atoms with E-state index in [-0.39, 0.29) is 0 Å². The van der Waals surface area contributed by atoms with Crippen LogP contribution in [-0.4, -0.2) is 50.8 Å². The molecule has 2 rings (SSSR count). The number of nitrogens with one attached hydrogen (secondary N) is 1. The van der Waals surface area contributed by atoms with Crippen LogP contribution < -0.4 is 5.32 Å². The number of rotatable bonds is 4. The van der Waals surface area contributed by atoms with Crippen LogP contribution in [0.5, 0.6) is 0 Å². The quantitative estimate of drug-likeness (QED) is 0.783. The molecule has 3 heteroatoms. The molecule has 0 saturated carbocycles. The van der Waals surface area contributed by atoms with E-state index in [4.69, 9.17) is 4.74 Å². The lowest BCUT2D eigenvalue weighted by Crippen LogP contribution is -2.45. The summed E-state index contributed by atoms with van der Waals surface area (Å²) < 4.78 is 5.25. The van der Waals surface area contributed by atoms with Crippen molar-refractivity contribution in [2.75, 3.05) is 39.9 Å². The molecule has 0 aromatic heterocycles. The molecule has 2 aliphatic heterocycles. The molecule has 0 spiro atoms. The van der Waals surface area contributed by atoms with Gasteiger partial charge in [0.05, 0.1) is 0 Å². The average molecular weight is 226 g/mol. The van der Waals surface area contributed by atoms with Crippen LogP contribution in [0.4, 0.5) is 0 Å². The van der Waals surface area contributed by atoms with E-state index in [1.807, 2.05) is 7.11 Å². The summed E-state index contributed by atoms with van der Waals surface area (Å²) >= 11 is 0. The number of hydrogen-bond acceptors (Lipinski definition) is 3. The van der Waals surface area contributed by atoms with Crippen molar-refractivity contribution in [1.29, 1.82) is 0 Å². The van der Waals surface area contributed by atoms with Crippen molar-refractivity contribution in [3.63, 3.8) is 0 Å². The van der Waals surface area contributed by atoms with Crippen molar-refractivity contribution in [2.45, 2.75) is 32.2 Å². The highest BCUT2D eigenvalue weighted by atomic mass is 16.5. The highest BCUT2D eigenvalue weighted by Crippen LogP contribution is 2.25. The van der Waals surface area contributed by atoms with E-state index in [9.17, 15) is 0 Å². The molecule has 2 fully saturated rings. The Hall–Kier alpha value is -0.120. The highest BCUT2D eigenvalue weighted by Gasteiger charge is 2.32. The number of methoxy groups -OCH3 is 1. The van der Waals surface area contributed by atoms with Gasteiger partial charge in [-0.1, -0.05) is 13.3 Å². The maximum Gasteiger partial charge on any atom is 0.0491 e. The summed E-state index contributed by atoms with van der Waals surface area (Å²) in [6.07, 6.45) is 3.96. The summed E-state index contributed by atoms with van der Waals surface area (Å²) in [4.78, 5) is 2.71. The lowest BCUT2D eigenvalue weighted by atomic mass is 9.93. The minimum Gasteiger partial charge on any atom is -0.384 e. The van der Waals surface area contributed by atoms with Gasteiger partial charge >= 0.3 is 0 Å². The first kappa shape index (κ1) is 12.3. The van der Waals surface area contributed by atoms with Gasteiger partial charge in [0.1, 0.15) is 0 Å². The third kappa shape index (κ3) is 2.76. The lowest BCUT2D eigenvalue weighted by Gasteiger charge is -2.37. The summed E-state index contributed by atoms with van der Waals surface area (Å²) in [6.45, 7) is 8.25. The molecule has 1 N–H and O–H groups in total. The van der Waals surface area contributed by atoms with Crippen molar-refractivity contribution in [2.24, 2.45) is 11.8 Å². The third-order valence-corrected chi connectivity index (χ3v) is 4.35. The van der Waals surface area contributed by atoms with Gasteiger partial charge < -0.3 is 10.1 Å². The molecule has 0 aromatic carbocycles. The van der Waals surface area contributed by atoms with Crippen LogP contribution in [-0.2, 0) is 4.74 Å². The van der Waals surface area contributed by atoms with E-state index < -0.39 is 0 Å². The first-order chi connectivity index (χ1) is 7.85. The molecule has 0 radical (unpaired) electrons. The monoisotopic (exact) mass is 226 g/mol. The van der Waals surface area contributed by atoms with Gasteiger partial charge in [-0.25, -0.2) is 0 Å². The second-order valence-electron chi connectivity index (χ2n) is 5.33. The molecule has 2 atom stereocenters. The normalized spacial score (nSPS) is 33.4. The van der Waals surface area contributed by atoms with Crippen LogP contribution in [0.3, 0.4) is 0 Å². The van der Waals surface area contributed by atoms with Gasteiger partial charge in [-0.05, 0) is 44.3 Å². The Bertz CT molecular complexity index is 202. The predicted molar refractivity (Wildman–Crippen MR) is 66.6 cm³/mol.